The van der Waals surface area contributed by atoms with Gasteiger partial charge in [0, 0.05) is 0 Å². The zero-order chi connectivity index (χ0) is 28.2. The number of ether oxygens (including phenoxy) is 6. The molecule has 0 bridgehead atoms. The van der Waals surface area contributed by atoms with E-state index in [4.69, 9.17) is 28.4 Å². The molecule has 5 rings (SSSR count). The molecule has 0 aromatic rings. The lowest BCUT2D eigenvalue weighted by molar-refractivity contribution is -0.103. The molecule has 0 aromatic carbocycles. The third-order valence-electron chi connectivity index (χ3n) is 11.1. The van der Waals surface area contributed by atoms with Gasteiger partial charge in [0.1, 0.15) is 18.3 Å². The van der Waals surface area contributed by atoms with Crippen LogP contribution in [-0.2, 0) is 28.4 Å². The van der Waals surface area contributed by atoms with Crippen LogP contribution < -0.4 is 0 Å². The van der Waals surface area contributed by atoms with Crippen LogP contribution in [0.5, 0.6) is 0 Å². The van der Waals surface area contributed by atoms with Crippen molar-refractivity contribution in [3.63, 3.8) is 0 Å². The first-order chi connectivity index (χ1) is 19.2. The van der Waals surface area contributed by atoms with Crippen molar-refractivity contribution in [1.82, 2.24) is 0 Å². The smallest absolute Gasteiger partial charge is 0.104 e. The highest BCUT2D eigenvalue weighted by Crippen LogP contribution is 2.49. The molecule has 3 saturated carbocycles. The standard InChI is InChI=1S/C33H58O7/c1-32(2,24-7-13-29(14-8-24)37-19-30-20-38-30)23-5-11-27(12-6-23)35-17-26(34)18-36-28-15-9-25(10-16-28)33(3,4)40-22-31-21-39-31/h23-31,34H,5-22H2,1-4H3. The molecule has 0 amide bonds. The van der Waals surface area contributed by atoms with Crippen molar-refractivity contribution in [1.29, 1.82) is 0 Å². The zero-order valence-corrected chi connectivity index (χ0v) is 25.8. The van der Waals surface area contributed by atoms with Crippen LogP contribution in [0.2, 0.25) is 0 Å². The van der Waals surface area contributed by atoms with Crippen molar-refractivity contribution < 1.29 is 33.5 Å². The predicted molar refractivity (Wildman–Crippen MR) is 154 cm³/mol. The predicted octanol–water partition coefficient (Wildman–Crippen LogP) is 5.69. The van der Waals surface area contributed by atoms with Crippen molar-refractivity contribution in [2.24, 2.45) is 23.2 Å². The first kappa shape index (κ1) is 31.2. The van der Waals surface area contributed by atoms with Gasteiger partial charge in [-0.2, -0.15) is 0 Å². The minimum Gasteiger partial charge on any atom is -0.388 e. The van der Waals surface area contributed by atoms with Gasteiger partial charge >= 0.3 is 0 Å². The third-order valence-corrected chi connectivity index (χ3v) is 11.1. The van der Waals surface area contributed by atoms with Crippen LogP contribution in [0.4, 0.5) is 0 Å². The average molecular weight is 567 g/mol. The van der Waals surface area contributed by atoms with Crippen LogP contribution in [0.1, 0.15) is 105 Å². The van der Waals surface area contributed by atoms with Crippen molar-refractivity contribution in [2.45, 2.75) is 147 Å². The van der Waals surface area contributed by atoms with Crippen LogP contribution >= 0.6 is 0 Å². The van der Waals surface area contributed by atoms with Gasteiger partial charge in [-0.15, -0.1) is 0 Å². The minimum atomic E-state index is -0.547. The van der Waals surface area contributed by atoms with Crippen molar-refractivity contribution in [3.8, 4) is 0 Å². The fourth-order valence-electron chi connectivity index (χ4n) is 7.75. The van der Waals surface area contributed by atoms with Gasteiger partial charge in [0.25, 0.3) is 0 Å². The fourth-order valence-corrected chi connectivity index (χ4v) is 7.75. The van der Waals surface area contributed by atoms with Gasteiger partial charge in [0.2, 0.25) is 0 Å². The molecule has 232 valence electrons. The van der Waals surface area contributed by atoms with E-state index in [0.717, 1.165) is 70.2 Å². The van der Waals surface area contributed by atoms with Crippen molar-refractivity contribution in [2.75, 3.05) is 39.6 Å². The molecule has 0 spiro atoms. The van der Waals surface area contributed by atoms with E-state index >= 15 is 0 Å². The molecule has 5 fully saturated rings. The Morgan fingerprint density at radius 3 is 1.45 bits per heavy atom. The Morgan fingerprint density at radius 1 is 0.600 bits per heavy atom. The highest BCUT2D eigenvalue weighted by Gasteiger charge is 2.41. The Morgan fingerprint density at radius 2 is 1.00 bits per heavy atom. The Bertz CT molecular complexity index is 740. The molecule has 3 atom stereocenters. The summed E-state index contributed by atoms with van der Waals surface area (Å²) >= 11 is 0. The average Bonchev–Trinajstić information content (AvgIpc) is 3.89. The van der Waals surface area contributed by atoms with Gasteiger partial charge in [-0.1, -0.05) is 13.8 Å². The molecule has 7 nitrogen and oxygen atoms in total. The Balaban J connectivity index is 0.920. The van der Waals surface area contributed by atoms with Crippen LogP contribution in [-0.4, -0.2) is 87.0 Å². The fraction of sp³-hybridized carbons (Fsp3) is 1.00. The lowest BCUT2D eigenvalue weighted by atomic mass is 9.60. The maximum atomic E-state index is 10.6. The molecule has 2 heterocycles. The summed E-state index contributed by atoms with van der Waals surface area (Å²) in [5.41, 5.74) is 0.257. The number of epoxide rings is 2. The van der Waals surface area contributed by atoms with E-state index in [1.54, 1.807) is 0 Å². The largest absolute Gasteiger partial charge is 0.388 e. The van der Waals surface area contributed by atoms with Crippen LogP contribution in [0.15, 0.2) is 0 Å². The van der Waals surface area contributed by atoms with Gasteiger partial charge in [-0.05, 0) is 114 Å². The molecule has 7 heteroatoms. The molecule has 2 saturated heterocycles. The third kappa shape index (κ3) is 9.11. The highest BCUT2D eigenvalue weighted by molar-refractivity contribution is 4.91. The number of aliphatic hydroxyl groups excluding tert-OH is 1. The van der Waals surface area contributed by atoms with Crippen LogP contribution in [0, 0.1) is 23.2 Å². The van der Waals surface area contributed by atoms with Gasteiger partial charge < -0.3 is 33.5 Å². The highest BCUT2D eigenvalue weighted by atomic mass is 16.6. The summed E-state index contributed by atoms with van der Waals surface area (Å²) in [6, 6.07) is 0. The molecule has 3 aliphatic carbocycles. The first-order valence-electron chi connectivity index (χ1n) is 16.6. The minimum absolute atomic E-state index is 0.113. The molecule has 2 aliphatic heterocycles. The van der Waals surface area contributed by atoms with Gasteiger partial charge in [-0.25, -0.2) is 0 Å². The molecular formula is C33H58O7. The Hall–Kier alpha value is -0.280. The Kier molecular flexibility index (Phi) is 10.9. The first-order valence-corrected chi connectivity index (χ1v) is 16.6. The number of hydrogen-bond acceptors (Lipinski definition) is 7. The maximum absolute atomic E-state index is 10.6. The summed E-state index contributed by atoms with van der Waals surface area (Å²) in [7, 11) is 0. The number of aliphatic hydroxyl groups is 1. The Labute approximate surface area is 243 Å². The summed E-state index contributed by atoms with van der Waals surface area (Å²) in [4.78, 5) is 0. The molecule has 1 N–H and O–H groups in total. The van der Waals surface area contributed by atoms with E-state index in [9.17, 15) is 5.11 Å². The van der Waals surface area contributed by atoms with Crippen LogP contribution in [0.25, 0.3) is 0 Å². The van der Waals surface area contributed by atoms with Gasteiger partial charge in [0.15, 0.2) is 0 Å². The van der Waals surface area contributed by atoms with E-state index in [1.165, 1.54) is 38.5 Å². The zero-order valence-electron chi connectivity index (χ0n) is 25.8. The van der Waals surface area contributed by atoms with E-state index in [1.807, 2.05) is 0 Å². The topological polar surface area (TPSA) is 82.2 Å². The van der Waals surface area contributed by atoms with Crippen LogP contribution in [0.3, 0.4) is 0 Å². The SMILES string of the molecule is CC(C)(OCC1CO1)C1CCC(OCC(O)COC2CCC(C(C)(C)C3CCC(OCC4CO4)CC3)CC2)CC1. The van der Waals surface area contributed by atoms with E-state index in [0.29, 0.717) is 49.5 Å². The van der Waals surface area contributed by atoms with E-state index in [-0.39, 0.29) is 17.8 Å². The summed E-state index contributed by atoms with van der Waals surface area (Å²) in [5, 5.41) is 10.6. The second-order valence-corrected chi connectivity index (χ2v) is 14.7. The molecule has 0 aromatic heterocycles. The molecule has 0 radical (unpaired) electrons. The number of rotatable bonds is 15. The summed E-state index contributed by atoms with van der Waals surface area (Å²) in [5.74, 6) is 2.10. The van der Waals surface area contributed by atoms with E-state index in [2.05, 4.69) is 27.7 Å². The maximum Gasteiger partial charge on any atom is 0.104 e. The normalized spacial score (nSPS) is 37.7. The van der Waals surface area contributed by atoms with E-state index < -0.39 is 6.10 Å². The molecule has 3 unspecified atom stereocenters. The molecule has 5 aliphatic rings. The number of hydrogen-bond donors (Lipinski definition) is 1. The van der Waals surface area contributed by atoms with Crippen molar-refractivity contribution in [3.05, 3.63) is 0 Å². The second-order valence-electron chi connectivity index (χ2n) is 14.7. The van der Waals surface area contributed by atoms with Gasteiger partial charge in [0.05, 0.1) is 63.6 Å². The second kappa shape index (κ2) is 14.0. The van der Waals surface area contributed by atoms with Gasteiger partial charge in [-0.3, -0.25) is 0 Å². The molecule has 40 heavy (non-hydrogen) atoms. The lowest BCUT2D eigenvalue weighted by Gasteiger charge is -2.46. The monoisotopic (exact) mass is 566 g/mol. The summed E-state index contributed by atoms with van der Waals surface area (Å²) in [6.45, 7) is 13.4. The lowest BCUT2D eigenvalue weighted by Crippen LogP contribution is -2.40. The summed E-state index contributed by atoms with van der Waals surface area (Å²) < 4.78 is 35.1. The molecular weight excluding hydrogens is 508 g/mol. The summed E-state index contributed by atoms with van der Waals surface area (Å²) in [6.07, 6.45) is 15.0. The quantitative estimate of drug-likeness (QED) is 0.255. The van der Waals surface area contributed by atoms with Crippen molar-refractivity contribution >= 4 is 0 Å².